The van der Waals surface area contributed by atoms with E-state index in [1.807, 2.05) is 71.1 Å². The van der Waals surface area contributed by atoms with E-state index in [0.29, 0.717) is 36.9 Å². The maximum Gasteiger partial charge on any atom is 0.163 e. The third kappa shape index (κ3) is 6.08. The van der Waals surface area contributed by atoms with Crippen molar-refractivity contribution in [2.24, 2.45) is 0 Å². The van der Waals surface area contributed by atoms with E-state index in [2.05, 4.69) is 39.0 Å². The molecule has 2 heterocycles. The molecule has 6 heteroatoms. The van der Waals surface area contributed by atoms with Crippen LogP contribution in [0.3, 0.4) is 0 Å². The molecule has 0 fully saturated rings. The largest absolute Gasteiger partial charge is 0.488 e. The number of hydroxylamine groups is 2. The average molecular weight is 540 g/mol. The summed E-state index contributed by atoms with van der Waals surface area (Å²) >= 11 is 1.44. The fraction of sp³-hybridized carbons (Fsp3) is 0.242. The Morgan fingerprint density at radius 2 is 1.54 bits per heavy atom. The van der Waals surface area contributed by atoms with E-state index < -0.39 is 0 Å². The minimum atomic E-state index is 0.206. The van der Waals surface area contributed by atoms with Gasteiger partial charge in [-0.15, -0.1) is 16.4 Å². The van der Waals surface area contributed by atoms with Crippen LogP contribution in [0.4, 0.5) is 0 Å². The highest BCUT2D eigenvalue weighted by Gasteiger charge is 2.30. The third-order valence-corrected chi connectivity index (χ3v) is 7.60. The number of rotatable bonds is 11. The molecule has 0 radical (unpaired) electrons. The standard InChI is InChI=1S/C33H33NO4S/c1-4-34-19-29(26-15-16-39-32(26)20-35)33(38-34)28-17-27(23(2)3)30(36-21-24-11-7-5-8-12-24)18-31(28)37-22-25-13-9-6-10-14-25/h5-18,20,23H,4,19,21-22H2,1-3H3. The van der Waals surface area contributed by atoms with Crippen LogP contribution in [0.15, 0.2) is 84.2 Å². The molecule has 0 saturated heterocycles. The molecule has 1 aliphatic rings. The van der Waals surface area contributed by atoms with Gasteiger partial charge in [-0.2, -0.15) is 0 Å². The average Bonchev–Trinajstić information content (AvgIpc) is 3.62. The van der Waals surface area contributed by atoms with Gasteiger partial charge >= 0.3 is 0 Å². The maximum atomic E-state index is 11.8. The molecule has 0 unspecified atom stereocenters. The van der Waals surface area contributed by atoms with Crippen molar-refractivity contribution < 1.29 is 19.1 Å². The highest BCUT2D eigenvalue weighted by atomic mass is 32.1. The zero-order valence-corrected chi connectivity index (χ0v) is 23.4. The molecule has 1 aliphatic heterocycles. The zero-order valence-electron chi connectivity index (χ0n) is 22.6. The monoisotopic (exact) mass is 539 g/mol. The fourth-order valence-electron chi connectivity index (χ4n) is 4.64. The van der Waals surface area contributed by atoms with Crippen molar-refractivity contribution in [3.63, 3.8) is 0 Å². The van der Waals surface area contributed by atoms with E-state index >= 15 is 0 Å². The van der Waals surface area contributed by atoms with Crippen molar-refractivity contribution >= 4 is 29.0 Å². The SMILES string of the molecule is CCN1CC(c2ccsc2C=O)=C(c2cc(C(C)C)c(OCc3ccccc3)cc2OCc2ccccc2)O1. The van der Waals surface area contributed by atoms with E-state index in [-0.39, 0.29) is 5.92 Å². The van der Waals surface area contributed by atoms with Crippen LogP contribution in [0.25, 0.3) is 11.3 Å². The summed E-state index contributed by atoms with van der Waals surface area (Å²) in [4.78, 5) is 18.9. The van der Waals surface area contributed by atoms with Gasteiger partial charge in [-0.25, -0.2) is 0 Å². The van der Waals surface area contributed by atoms with E-state index in [0.717, 1.165) is 51.2 Å². The van der Waals surface area contributed by atoms with Crippen molar-refractivity contribution in [2.45, 2.75) is 39.9 Å². The van der Waals surface area contributed by atoms with Crippen LogP contribution >= 0.6 is 11.3 Å². The van der Waals surface area contributed by atoms with E-state index in [9.17, 15) is 4.79 Å². The Labute approximate surface area is 234 Å². The molecule has 0 aliphatic carbocycles. The molecule has 5 rings (SSSR count). The summed E-state index contributed by atoms with van der Waals surface area (Å²) in [7, 11) is 0. The van der Waals surface area contributed by atoms with E-state index in [1.54, 1.807) is 0 Å². The molecular weight excluding hydrogens is 506 g/mol. The minimum absolute atomic E-state index is 0.206. The Hall–Kier alpha value is -3.87. The van der Waals surface area contributed by atoms with Gasteiger partial charge in [0, 0.05) is 23.7 Å². The number of thiophene rings is 1. The molecule has 0 saturated carbocycles. The lowest BCUT2D eigenvalue weighted by molar-refractivity contribution is -0.0557. The van der Waals surface area contributed by atoms with Gasteiger partial charge in [-0.3, -0.25) is 4.79 Å². The number of nitrogens with zero attached hydrogens (tertiary/aromatic N) is 1. The molecule has 0 atom stereocenters. The van der Waals surface area contributed by atoms with Gasteiger partial charge in [-0.1, -0.05) is 74.5 Å². The second-order valence-corrected chi connectivity index (χ2v) is 10.7. The van der Waals surface area contributed by atoms with Crippen LogP contribution in [0.1, 0.15) is 64.2 Å². The Morgan fingerprint density at radius 1 is 0.897 bits per heavy atom. The van der Waals surface area contributed by atoms with Crippen LogP contribution < -0.4 is 9.47 Å². The van der Waals surface area contributed by atoms with Gasteiger partial charge in [0.25, 0.3) is 0 Å². The Kier molecular flexibility index (Phi) is 8.45. The van der Waals surface area contributed by atoms with Gasteiger partial charge < -0.3 is 14.3 Å². The summed E-state index contributed by atoms with van der Waals surface area (Å²) in [6.07, 6.45) is 0.923. The third-order valence-electron chi connectivity index (χ3n) is 6.76. The summed E-state index contributed by atoms with van der Waals surface area (Å²) in [5.41, 5.74) is 5.99. The van der Waals surface area contributed by atoms with Gasteiger partial charge in [0.2, 0.25) is 0 Å². The van der Waals surface area contributed by atoms with Crippen LogP contribution in [0.5, 0.6) is 11.5 Å². The maximum absolute atomic E-state index is 11.8. The fourth-order valence-corrected chi connectivity index (χ4v) is 5.37. The second-order valence-electron chi connectivity index (χ2n) is 9.76. The molecule has 0 N–H and O–H groups in total. The van der Waals surface area contributed by atoms with Crippen molar-refractivity contribution in [2.75, 3.05) is 13.1 Å². The Balaban J connectivity index is 1.61. The summed E-state index contributed by atoms with van der Waals surface area (Å²) < 4.78 is 12.9. The number of hydrogen-bond acceptors (Lipinski definition) is 6. The van der Waals surface area contributed by atoms with Gasteiger partial charge in [0.05, 0.1) is 17.0 Å². The molecule has 0 amide bonds. The minimum Gasteiger partial charge on any atom is -0.488 e. The van der Waals surface area contributed by atoms with Gasteiger partial charge in [0.15, 0.2) is 12.0 Å². The highest BCUT2D eigenvalue weighted by molar-refractivity contribution is 7.12. The lowest BCUT2D eigenvalue weighted by Crippen LogP contribution is -2.18. The summed E-state index contributed by atoms with van der Waals surface area (Å²) in [6.45, 7) is 8.54. The van der Waals surface area contributed by atoms with Crippen molar-refractivity contribution in [3.8, 4) is 11.5 Å². The first-order chi connectivity index (χ1) is 19.1. The first kappa shape index (κ1) is 26.7. The molecule has 0 spiro atoms. The number of benzene rings is 3. The first-order valence-electron chi connectivity index (χ1n) is 13.3. The second kappa shape index (κ2) is 12.3. The summed E-state index contributed by atoms with van der Waals surface area (Å²) in [6, 6.07) is 26.4. The van der Waals surface area contributed by atoms with E-state index in [4.69, 9.17) is 14.3 Å². The van der Waals surface area contributed by atoms with Gasteiger partial charge in [0.1, 0.15) is 24.7 Å². The molecule has 200 valence electrons. The smallest absolute Gasteiger partial charge is 0.163 e. The Morgan fingerprint density at radius 3 is 2.13 bits per heavy atom. The van der Waals surface area contributed by atoms with Crippen molar-refractivity contribution in [1.29, 1.82) is 0 Å². The molecule has 3 aromatic carbocycles. The van der Waals surface area contributed by atoms with Crippen LogP contribution in [-0.2, 0) is 18.1 Å². The number of ether oxygens (including phenoxy) is 2. The van der Waals surface area contributed by atoms with Crippen molar-refractivity contribution in [1.82, 2.24) is 5.06 Å². The lowest BCUT2D eigenvalue weighted by atomic mass is 9.95. The predicted molar refractivity (Wildman–Crippen MR) is 157 cm³/mol. The molecule has 0 bridgehead atoms. The number of hydrogen-bond donors (Lipinski definition) is 0. The van der Waals surface area contributed by atoms with Crippen LogP contribution in [-0.4, -0.2) is 24.4 Å². The topological polar surface area (TPSA) is 48.0 Å². The normalized spacial score (nSPS) is 13.5. The highest BCUT2D eigenvalue weighted by Crippen LogP contribution is 2.44. The molecular formula is C33H33NO4S. The van der Waals surface area contributed by atoms with E-state index in [1.165, 1.54) is 11.3 Å². The van der Waals surface area contributed by atoms with Gasteiger partial charge in [-0.05, 0) is 47.0 Å². The number of aldehydes is 1. The predicted octanol–water partition coefficient (Wildman–Crippen LogP) is 7.98. The number of carbonyl (C=O) groups excluding carboxylic acids is 1. The molecule has 39 heavy (non-hydrogen) atoms. The van der Waals surface area contributed by atoms with Crippen LogP contribution in [0, 0.1) is 0 Å². The van der Waals surface area contributed by atoms with Crippen LogP contribution in [0.2, 0.25) is 0 Å². The zero-order chi connectivity index (χ0) is 27.2. The number of carbonyl (C=O) groups is 1. The number of likely N-dealkylation sites (N-methyl/N-ethyl adjacent to an activating group) is 1. The first-order valence-corrected chi connectivity index (χ1v) is 14.2. The molecule has 1 aromatic heterocycles. The summed E-state index contributed by atoms with van der Waals surface area (Å²) in [5.74, 6) is 2.40. The van der Waals surface area contributed by atoms with Crippen molar-refractivity contribution in [3.05, 3.63) is 117 Å². The molecule has 5 nitrogen and oxygen atoms in total. The summed E-state index contributed by atoms with van der Waals surface area (Å²) in [5, 5.41) is 3.86. The quantitative estimate of drug-likeness (QED) is 0.181. The lowest BCUT2D eigenvalue weighted by Gasteiger charge is -2.21. The molecule has 4 aromatic rings. The Bertz CT molecular complexity index is 1440.